The number of carbonyl (C=O) groups is 2. The molecule has 1 unspecified atom stereocenters. The van der Waals surface area contributed by atoms with E-state index in [-0.39, 0.29) is 31.2 Å². The van der Waals surface area contributed by atoms with E-state index in [1.165, 1.54) is 0 Å². The molecule has 4 N–H and O–H groups in total. The Labute approximate surface area is 194 Å². The largest absolute Gasteiger partial charge is 0.475 e. The Morgan fingerprint density at radius 3 is 2.33 bits per heavy atom. The van der Waals surface area contributed by atoms with E-state index in [9.17, 15) is 19.6 Å². The maximum Gasteiger partial charge on any atom is 0.475 e. The van der Waals surface area contributed by atoms with Gasteiger partial charge in [-0.25, -0.2) is 0 Å². The highest BCUT2D eigenvalue weighted by Crippen LogP contribution is 2.29. The quantitative estimate of drug-likeness (QED) is 0.410. The second-order valence-electron chi connectivity index (χ2n) is 8.75. The lowest BCUT2D eigenvalue weighted by Gasteiger charge is -2.29. The predicted molar refractivity (Wildman–Crippen MR) is 126 cm³/mol. The zero-order valence-corrected chi connectivity index (χ0v) is 18.9. The standard InChI is InChI=1S/C24H30BN3O5/c1-17(2)13-21(25(31)32)27-23(30)24(14-18-9-5-3-6-10-18)15-20(28-33-24)16-26-22(29)19-11-7-4-8-12-19/h3-12,17,21,31-32H,13-16H2,1-2H3,(H,26,29)(H,27,30)/t21-,24?/m0/s1. The monoisotopic (exact) mass is 451 g/mol. The van der Waals surface area contributed by atoms with E-state index < -0.39 is 24.6 Å². The first-order chi connectivity index (χ1) is 15.8. The fraction of sp³-hybridized carbons (Fsp3) is 0.375. The van der Waals surface area contributed by atoms with Crippen LogP contribution in [0.25, 0.3) is 0 Å². The molecule has 0 spiro atoms. The Bertz CT molecular complexity index is 969. The van der Waals surface area contributed by atoms with E-state index in [0.717, 1.165) is 5.56 Å². The predicted octanol–water partition coefficient (Wildman–Crippen LogP) is 1.72. The summed E-state index contributed by atoms with van der Waals surface area (Å²) in [7, 11) is -1.70. The van der Waals surface area contributed by atoms with Gasteiger partial charge in [-0.2, -0.15) is 0 Å². The molecular formula is C24H30BN3O5. The molecule has 8 nitrogen and oxygen atoms in total. The number of benzene rings is 2. The Morgan fingerprint density at radius 1 is 1.09 bits per heavy atom. The van der Waals surface area contributed by atoms with Gasteiger partial charge < -0.3 is 25.5 Å². The van der Waals surface area contributed by atoms with Crippen molar-refractivity contribution in [3.05, 3.63) is 71.8 Å². The lowest BCUT2D eigenvalue weighted by Crippen LogP contribution is -2.56. The first kappa shape index (κ1) is 24.5. The zero-order valence-electron chi connectivity index (χ0n) is 18.9. The summed E-state index contributed by atoms with van der Waals surface area (Å²) >= 11 is 0. The van der Waals surface area contributed by atoms with Crippen molar-refractivity contribution in [3.8, 4) is 0 Å². The third kappa shape index (κ3) is 6.66. The van der Waals surface area contributed by atoms with Crippen molar-refractivity contribution in [2.75, 3.05) is 6.54 Å². The minimum Gasteiger partial charge on any atom is -0.426 e. The molecule has 0 radical (unpaired) electrons. The topological polar surface area (TPSA) is 120 Å². The molecule has 1 aliphatic rings. The van der Waals surface area contributed by atoms with Crippen LogP contribution in [0.15, 0.2) is 65.8 Å². The summed E-state index contributed by atoms with van der Waals surface area (Å²) in [6.07, 6.45) is 0.805. The number of rotatable bonds is 10. The van der Waals surface area contributed by atoms with Gasteiger partial charge in [-0.1, -0.05) is 67.5 Å². The Balaban J connectivity index is 1.72. The zero-order chi connectivity index (χ0) is 23.8. The Hall–Kier alpha value is -3.17. The van der Waals surface area contributed by atoms with Gasteiger partial charge in [-0.05, 0) is 30.0 Å². The number of amides is 2. The Morgan fingerprint density at radius 2 is 1.73 bits per heavy atom. The van der Waals surface area contributed by atoms with E-state index in [1.54, 1.807) is 24.3 Å². The second-order valence-corrected chi connectivity index (χ2v) is 8.75. The van der Waals surface area contributed by atoms with Gasteiger partial charge >= 0.3 is 7.12 Å². The summed E-state index contributed by atoms with van der Waals surface area (Å²) in [4.78, 5) is 31.4. The maximum atomic E-state index is 13.4. The van der Waals surface area contributed by atoms with Gasteiger partial charge in [0.1, 0.15) is 0 Å². The van der Waals surface area contributed by atoms with Gasteiger partial charge in [-0.15, -0.1) is 0 Å². The highest BCUT2D eigenvalue weighted by Gasteiger charge is 2.48. The molecule has 0 aliphatic carbocycles. The van der Waals surface area contributed by atoms with Crippen LogP contribution in [0.1, 0.15) is 42.6 Å². The molecule has 2 amide bonds. The Kier molecular flexibility index (Phi) is 8.24. The smallest absolute Gasteiger partial charge is 0.426 e. The van der Waals surface area contributed by atoms with Gasteiger partial charge in [0.25, 0.3) is 11.8 Å². The summed E-state index contributed by atoms with van der Waals surface area (Å²) in [5.41, 5.74) is 0.578. The molecule has 2 aromatic rings. The van der Waals surface area contributed by atoms with Gasteiger partial charge in [0.05, 0.1) is 18.2 Å². The fourth-order valence-corrected chi connectivity index (χ4v) is 3.80. The molecule has 0 fully saturated rings. The van der Waals surface area contributed by atoms with Crippen LogP contribution in [0.4, 0.5) is 0 Å². The molecule has 2 aromatic carbocycles. The number of oxime groups is 1. The fourth-order valence-electron chi connectivity index (χ4n) is 3.80. The second kappa shape index (κ2) is 11.1. The van der Waals surface area contributed by atoms with Crippen molar-refractivity contribution < 1.29 is 24.5 Å². The van der Waals surface area contributed by atoms with Crippen molar-refractivity contribution >= 4 is 24.6 Å². The average Bonchev–Trinajstić information content (AvgIpc) is 3.22. The number of hydrogen-bond donors (Lipinski definition) is 4. The summed E-state index contributed by atoms with van der Waals surface area (Å²) in [5, 5.41) is 29.2. The van der Waals surface area contributed by atoms with Crippen LogP contribution < -0.4 is 10.6 Å². The third-order valence-electron chi connectivity index (χ3n) is 5.48. The van der Waals surface area contributed by atoms with Gasteiger partial charge in [-0.3, -0.25) is 9.59 Å². The van der Waals surface area contributed by atoms with Crippen LogP contribution in [0, 0.1) is 5.92 Å². The lowest BCUT2D eigenvalue weighted by molar-refractivity contribution is -0.144. The molecule has 3 rings (SSSR count). The van der Waals surface area contributed by atoms with E-state index in [4.69, 9.17) is 4.84 Å². The molecule has 1 heterocycles. The van der Waals surface area contributed by atoms with E-state index in [0.29, 0.717) is 17.7 Å². The molecule has 1 aliphatic heterocycles. The molecule has 33 heavy (non-hydrogen) atoms. The number of nitrogens with zero attached hydrogens (tertiary/aromatic N) is 1. The van der Waals surface area contributed by atoms with Crippen LogP contribution >= 0.6 is 0 Å². The molecule has 9 heteroatoms. The van der Waals surface area contributed by atoms with Gasteiger partial charge in [0.15, 0.2) is 0 Å². The van der Waals surface area contributed by atoms with Gasteiger partial charge in [0, 0.05) is 18.4 Å². The van der Waals surface area contributed by atoms with Crippen LogP contribution in [-0.2, 0) is 16.1 Å². The number of hydrogen-bond acceptors (Lipinski definition) is 6. The summed E-state index contributed by atoms with van der Waals surface area (Å²) in [6, 6.07) is 18.2. The van der Waals surface area contributed by atoms with Crippen molar-refractivity contribution in [1.29, 1.82) is 0 Å². The minimum atomic E-state index is -1.70. The highest BCUT2D eigenvalue weighted by molar-refractivity contribution is 6.43. The molecule has 2 atom stereocenters. The molecule has 174 valence electrons. The van der Waals surface area contributed by atoms with Crippen molar-refractivity contribution in [1.82, 2.24) is 10.6 Å². The highest BCUT2D eigenvalue weighted by atomic mass is 16.7. The summed E-state index contributed by atoms with van der Waals surface area (Å²) < 4.78 is 0. The average molecular weight is 451 g/mol. The van der Waals surface area contributed by atoms with Crippen molar-refractivity contribution in [2.45, 2.75) is 44.7 Å². The first-order valence-electron chi connectivity index (χ1n) is 11.1. The van der Waals surface area contributed by atoms with Crippen molar-refractivity contribution in [3.63, 3.8) is 0 Å². The van der Waals surface area contributed by atoms with Crippen LogP contribution in [0.5, 0.6) is 0 Å². The van der Waals surface area contributed by atoms with E-state index in [1.807, 2.05) is 50.2 Å². The normalized spacial score (nSPS) is 18.3. The number of carbonyl (C=O) groups excluding carboxylic acids is 2. The molecule has 0 bridgehead atoms. The SMILES string of the molecule is CC(C)C[C@H](NC(=O)C1(Cc2ccccc2)CC(CNC(=O)c2ccccc2)=NO1)B(O)O. The summed E-state index contributed by atoms with van der Waals surface area (Å²) in [6.45, 7) is 4.00. The molecule has 0 aromatic heterocycles. The number of nitrogens with one attached hydrogen (secondary N) is 2. The van der Waals surface area contributed by atoms with Crippen LogP contribution in [-0.4, -0.2) is 52.8 Å². The summed E-state index contributed by atoms with van der Waals surface area (Å²) in [5.74, 6) is -1.41. The molecule has 0 saturated heterocycles. The van der Waals surface area contributed by atoms with E-state index >= 15 is 0 Å². The lowest BCUT2D eigenvalue weighted by atomic mass is 9.74. The first-order valence-corrected chi connectivity index (χ1v) is 11.1. The third-order valence-corrected chi connectivity index (χ3v) is 5.48. The molecule has 0 saturated carbocycles. The van der Waals surface area contributed by atoms with E-state index in [2.05, 4.69) is 15.8 Å². The maximum absolute atomic E-state index is 13.4. The minimum absolute atomic E-state index is 0.135. The van der Waals surface area contributed by atoms with Gasteiger partial charge in [0.2, 0.25) is 5.60 Å². The molecular weight excluding hydrogens is 421 g/mol. The van der Waals surface area contributed by atoms with Crippen LogP contribution in [0.2, 0.25) is 0 Å². The van der Waals surface area contributed by atoms with Crippen LogP contribution in [0.3, 0.4) is 0 Å². The van der Waals surface area contributed by atoms with Crippen molar-refractivity contribution in [2.24, 2.45) is 11.1 Å².